The zero-order valence-electron chi connectivity index (χ0n) is 14.5. The van der Waals surface area contributed by atoms with Gasteiger partial charge in [-0.3, -0.25) is 20.2 Å². The van der Waals surface area contributed by atoms with Crippen molar-refractivity contribution in [2.45, 2.75) is 0 Å². The molecule has 2 aromatic carbocycles. The number of hydrogen-bond acceptors (Lipinski definition) is 7. The fraction of sp³-hybridized carbons (Fsp3) is 0. The molecule has 0 atom stereocenters. The second-order valence-corrected chi connectivity index (χ2v) is 7.42. The Bertz CT molecular complexity index is 1090. The normalized spacial score (nSPS) is 10.5. The van der Waals surface area contributed by atoms with Crippen molar-refractivity contribution >= 4 is 80.8 Å². The van der Waals surface area contributed by atoms with Gasteiger partial charge in [-0.1, -0.05) is 46.4 Å². The summed E-state index contributed by atoms with van der Waals surface area (Å²) in [5.74, 6) is -0.592. The van der Waals surface area contributed by atoms with Crippen LogP contribution in [-0.2, 0) is 0 Å². The molecule has 3 aromatic rings. The van der Waals surface area contributed by atoms with Crippen LogP contribution in [0.5, 0.6) is 0 Å². The van der Waals surface area contributed by atoms with E-state index in [9.17, 15) is 20.2 Å². The Kier molecular flexibility index (Phi) is 6.47. The second kappa shape index (κ2) is 8.88. The van der Waals surface area contributed by atoms with Crippen molar-refractivity contribution in [1.82, 2.24) is 4.98 Å². The number of rotatable bonds is 6. The number of halogens is 4. The van der Waals surface area contributed by atoms with Crippen molar-refractivity contribution in [1.29, 1.82) is 0 Å². The number of nitrogens with zero attached hydrogens (tertiary/aromatic N) is 3. The van der Waals surface area contributed by atoms with Gasteiger partial charge in [-0.25, -0.2) is 0 Å². The Morgan fingerprint density at radius 3 is 1.47 bits per heavy atom. The Balaban J connectivity index is 2.15. The van der Waals surface area contributed by atoms with E-state index >= 15 is 0 Å². The van der Waals surface area contributed by atoms with E-state index in [0.717, 1.165) is 6.07 Å². The highest BCUT2D eigenvalue weighted by Gasteiger charge is 2.27. The van der Waals surface area contributed by atoms with Crippen LogP contribution in [0.2, 0.25) is 20.1 Å². The fourth-order valence-electron chi connectivity index (χ4n) is 2.40. The first-order chi connectivity index (χ1) is 14.2. The number of anilines is 4. The number of nitrogens with one attached hydrogen (secondary N) is 2. The highest BCUT2D eigenvalue weighted by atomic mass is 35.5. The van der Waals surface area contributed by atoms with Gasteiger partial charge in [0.15, 0.2) is 0 Å². The fourth-order valence-corrected chi connectivity index (χ4v) is 3.07. The van der Waals surface area contributed by atoms with Gasteiger partial charge in [0.2, 0.25) is 11.6 Å². The molecule has 0 aliphatic heterocycles. The van der Waals surface area contributed by atoms with Crippen molar-refractivity contribution in [2.24, 2.45) is 0 Å². The highest BCUT2D eigenvalue weighted by Crippen LogP contribution is 2.38. The third-order valence-corrected chi connectivity index (χ3v) is 4.87. The monoisotopic (exact) mass is 487 g/mol. The molecule has 30 heavy (non-hydrogen) atoms. The van der Waals surface area contributed by atoms with Crippen LogP contribution in [0.25, 0.3) is 0 Å². The molecule has 0 aliphatic rings. The van der Waals surface area contributed by atoms with Crippen LogP contribution in [0, 0.1) is 20.2 Å². The van der Waals surface area contributed by atoms with Gasteiger partial charge in [-0.15, -0.1) is 0 Å². The number of aromatic nitrogens is 1. The van der Waals surface area contributed by atoms with Crippen LogP contribution < -0.4 is 10.6 Å². The van der Waals surface area contributed by atoms with Crippen LogP contribution in [-0.4, -0.2) is 14.8 Å². The van der Waals surface area contributed by atoms with Crippen molar-refractivity contribution in [3.8, 4) is 0 Å². The second-order valence-electron chi connectivity index (χ2n) is 5.74. The molecule has 0 fully saturated rings. The average Bonchev–Trinajstić information content (AvgIpc) is 2.67. The summed E-state index contributed by atoms with van der Waals surface area (Å²) in [4.78, 5) is 25.4. The Hall–Kier alpha value is -2.85. The van der Waals surface area contributed by atoms with E-state index < -0.39 is 21.2 Å². The smallest absolute Gasteiger partial charge is 0.318 e. The zero-order chi connectivity index (χ0) is 22.0. The molecule has 0 spiro atoms. The van der Waals surface area contributed by atoms with Crippen LogP contribution in [0.4, 0.5) is 34.4 Å². The molecule has 0 aliphatic carbocycles. The predicted octanol–water partition coefficient (Wildman–Crippen LogP) is 7.00. The molecule has 0 saturated heterocycles. The topological polar surface area (TPSA) is 123 Å². The summed E-state index contributed by atoms with van der Waals surface area (Å²) in [6.45, 7) is 0. The van der Waals surface area contributed by atoms with E-state index in [1.54, 1.807) is 0 Å². The standard InChI is InChI=1S/C17H9Cl4N5O4/c18-8-1-3-10(20)12(5-8)22-16-14(25(27)28)7-15(26(29)30)17(24-16)23-13-6-9(19)2-4-11(13)21/h1-7H,(H2,22,23,24). The van der Waals surface area contributed by atoms with Gasteiger partial charge in [-0.2, -0.15) is 4.98 Å². The molecule has 0 bridgehead atoms. The van der Waals surface area contributed by atoms with Crippen LogP contribution in [0.15, 0.2) is 42.5 Å². The first kappa shape index (κ1) is 21.8. The maximum absolute atomic E-state index is 11.5. The highest BCUT2D eigenvalue weighted by molar-refractivity contribution is 6.36. The quantitative estimate of drug-likeness (QED) is 0.282. The molecule has 154 valence electrons. The largest absolute Gasteiger partial charge is 0.333 e. The lowest BCUT2D eigenvalue weighted by Crippen LogP contribution is -2.06. The maximum Gasteiger partial charge on any atom is 0.318 e. The lowest BCUT2D eigenvalue weighted by atomic mass is 10.2. The Morgan fingerprint density at radius 2 is 1.10 bits per heavy atom. The van der Waals surface area contributed by atoms with Crippen molar-refractivity contribution in [2.75, 3.05) is 10.6 Å². The summed E-state index contributed by atoms with van der Waals surface area (Å²) >= 11 is 24.1. The van der Waals surface area contributed by atoms with Crippen molar-refractivity contribution in [3.05, 3.63) is 82.8 Å². The lowest BCUT2D eigenvalue weighted by Gasteiger charge is -2.12. The van der Waals surface area contributed by atoms with E-state index in [1.807, 2.05) is 0 Å². The summed E-state index contributed by atoms with van der Waals surface area (Å²) in [6, 6.07) is 9.65. The minimum atomic E-state index is -0.809. The third kappa shape index (κ3) is 4.82. The van der Waals surface area contributed by atoms with Gasteiger partial charge in [0.1, 0.15) is 6.07 Å². The minimum absolute atomic E-state index is 0.209. The number of nitro groups is 2. The van der Waals surface area contributed by atoms with Gasteiger partial charge < -0.3 is 10.6 Å². The molecule has 1 aromatic heterocycles. The van der Waals surface area contributed by atoms with Crippen molar-refractivity contribution < 1.29 is 9.85 Å². The number of pyridine rings is 1. The number of benzene rings is 2. The molecular formula is C17H9Cl4N5O4. The van der Waals surface area contributed by atoms with Crippen molar-refractivity contribution in [3.63, 3.8) is 0 Å². The first-order valence-electron chi connectivity index (χ1n) is 7.93. The lowest BCUT2D eigenvalue weighted by molar-refractivity contribution is -0.393. The summed E-state index contributed by atoms with van der Waals surface area (Å²) in [5.41, 5.74) is -0.832. The van der Waals surface area contributed by atoms with Crippen LogP contribution >= 0.6 is 46.4 Å². The van der Waals surface area contributed by atoms with E-state index in [-0.39, 0.29) is 33.1 Å². The third-order valence-electron chi connectivity index (χ3n) is 3.74. The van der Waals surface area contributed by atoms with E-state index in [4.69, 9.17) is 46.4 Å². The van der Waals surface area contributed by atoms with Gasteiger partial charge in [0.25, 0.3) is 0 Å². The first-order valence-corrected chi connectivity index (χ1v) is 9.45. The summed E-state index contributed by atoms with van der Waals surface area (Å²) in [6.07, 6.45) is 0. The van der Waals surface area contributed by atoms with Crippen LogP contribution in [0.3, 0.4) is 0 Å². The van der Waals surface area contributed by atoms with Gasteiger partial charge in [0, 0.05) is 10.0 Å². The van der Waals surface area contributed by atoms with Crippen LogP contribution in [0.1, 0.15) is 0 Å². The molecule has 0 unspecified atom stereocenters. The molecule has 2 N–H and O–H groups in total. The van der Waals surface area contributed by atoms with E-state index in [1.165, 1.54) is 36.4 Å². The average molecular weight is 489 g/mol. The summed E-state index contributed by atoms with van der Waals surface area (Å²) < 4.78 is 0. The predicted molar refractivity (Wildman–Crippen MR) is 117 cm³/mol. The molecular weight excluding hydrogens is 480 g/mol. The summed E-state index contributed by atoms with van der Waals surface area (Å²) in [5, 5.41) is 29.4. The van der Waals surface area contributed by atoms with Gasteiger partial charge in [0.05, 0.1) is 31.3 Å². The van der Waals surface area contributed by atoms with E-state index in [2.05, 4.69) is 15.6 Å². The molecule has 13 heteroatoms. The molecule has 0 amide bonds. The zero-order valence-corrected chi connectivity index (χ0v) is 17.6. The van der Waals surface area contributed by atoms with Gasteiger partial charge in [-0.05, 0) is 36.4 Å². The molecule has 0 saturated carbocycles. The van der Waals surface area contributed by atoms with E-state index in [0.29, 0.717) is 10.0 Å². The molecule has 3 rings (SSSR count). The Labute approximate surface area is 188 Å². The maximum atomic E-state index is 11.5. The Morgan fingerprint density at radius 1 is 0.700 bits per heavy atom. The molecule has 0 radical (unpaired) electrons. The summed E-state index contributed by atoms with van der Waals surface area (Å²) in [7, 11) is 0. The minimum Gasteiger partial charge on any atom is -0.333 e. The van der Waals surface area contributed by atoms with Gasteiger partial charge >= 0.3 is 11.4 Å². The number of hydrogen-bond donors (Lipinski definition) is 2. The SMILES string of the molecule is O=[N+]([O-])c1cc([N+](=O)[O-])c(Nc2cc(Cl)ccc2Cl)nc1Nc1cc(Cl)ccc1Cl. The molecule has 1 heterocycles. The molecule has 9 nitrogen and oxygen atoms in total.